The van der Waals surface area contributed by atoms with Crippen LogP contribution >= 0.6 is 0 Å². The maximum absolute atomic E-state index is 12.8. The molecule has 0 fully saturated rings. The van der Waals surface area contributed by atoms with Crippen molar-refractivity contribution in [2.24, 2.45) is 0 Å². The van der Waals surface area contributed by atoms with E-state index in [1.807, 2.05) is 12.1 Å². The second kappa shape index (κ2) is 7.93. The van der Waals surface area contributed by atoms with Crippen LogP contribution in [0.15, 0.2) is 43.0 Å². The zero-order valence-electron chi connectivity index (χ0n) is 15.7. The number of nitrogens with zero attached hydrogens (tertiary/aromatic N) is 7. The number of fused-ring (bicyclic) bond motifs is 2. The van der Waals surface area contributed by atoms with Crippen molar-refractivity contribution in [3.05, 3.63) is 65.9 Å². The molecule has 0 amide bonds. The zero-order valence-corrected chi connectivity index (χ0v) is 15.7. The average molecular weight is 391 g/mol. The highest BCUT2D eigenvalue weighted by atomic mass is 19.1. The molecular weight excluding hydrogens is 373 g/mol. The van der Waals surface area contributed by atoms with Gasteiger partial charge in [-0.15, -0.1) is 10.2 Å². The molecule has 0 spiro atoms. The summed E-state index contributed by atoms with van der Waals surface area (Å²) in [7, 11) is 1.77. The molecule has 0 atom stereocenters. The first-order chi connectivity index (χ1) is 14.2. The zero-order chi connectivity index (χ0) is 20.2. The Labute approximate surface area is 165 Å². The molecule has 0 saturated heterocycles. The number of anilines is 2. The molecule has 5 rings (SSSR count). The number of aromatic amines is 1. The van der Waals surface area contributed by atoms with Crippen LogP contribution in [0.25, 0.3) is 5.52 Å². The van der Waals surface area contributed by atoms with Crippen molar-refractivity contribution in [1.29, 1.82) is 5.26 Å². The molecule has 0 radical (unpaired) electrons. The molecule has 1 aliphatic heterocycles. The molecular formula is C19H18FN9. The van der Waals surface area contributed by atoms with Crippen LogP contribution in [0, 0.1) is 17.1 Å². The highest BCUT2D eigenvalue weighted by molar-refractivity contribution is 5.59. The minimum Gasteiger partial charge on any atom is -0.386 e. The predicted octanol–water partition coefficient (Wildman–Crippen LogP) is 2.15. The van der Waals surface area contributed by atoms with Gasteiger partial charge in [0.05, 0.1) is 36.1 Å². The van der Waals surface area contributed by atoms with E-state index >= 15 is 0 Å². The van der Waals surface area contributed by atoms with E-state index in [0.29, 0.717) is 16.9 Å². The Hall–Kier alpha value is -4.00. The fraction of sp³-hybridized carbons (Fsp3) is 0.211. The summed E-state index contributed by atoms with van der Waals surface area (Å²) in [6, 6.07) is 8.54. The van der Waals surface area contributed by atoms with Gasteiger partial charge in [0.15, 0.2) is 11.5 Å². The monoisotopic (exact) mass is 391 g/mol. The third kappa shape index (κ3) is 3.70. The smallest absolute Gasteiger partial charge is 0.186 e. The van der Waals surface area contributed by atoms with E-state index < -0.39 is 0 Å². The summed E-state index contributed by atoms with van der Waals surface area (Å²) in [4.78, 5) is 9.53. The predicted molar refractivity (Wildman–Crippen MR) is 105 cm³/mol. The minimum absolute atomic E-state index is 0.236. The molecule has 5 heterocycles. The number of hydrogen-bond donors (Lipinski definition) is 2. The van der Waals surface area contributed by atoms with Gasteiger partial charge >= 0.3 is 0 Å². The summed E-state index contributed by atoms with van der Waals surface area (Å²) < 4.78 is 14.3. The third-order valence-electron chi connectivity index (χ3n) is 4.64. The molecule has 4 aromatic rings. The summed E-state index contributed by atoms with van der Waals surface area (Å²) in [5, 5.41) is 23.8. The third-order valence-corrected chi connectivity index (χ3v) is 4.64. The maximum Gasteiger partial charge on any atom is 0.186 e. The largest absolute Gasteiger partial charge is 0.386 e. The van der Waals surface area contributed by atoms with Crippen molar-refractivity contribution in [3.63, 3.8) is 0 Å². The number of nitriles is 1. The fourth-order valence-corrected chi connectivity index (χ4v) is 3.13. The van der Waals surface area contributed by atoms with Gasteiger partial charge in [0.2, 0.25) is 0 Å². The Kier molecular flexibility index (Phi) is 5.03. The number of imidazole rings is 1. The van der Waals surface area contributed by atoms with Crippen LogP contribution in [0.3, 0.4) is 0 Å². The van der Waals surface area contributed by atoms with Crippen LogP contribution in [0.1, 0.15) is 17.1 Å². The Bertz CT molecular complexity index is 1170. The van der Waals surface area contributed by atoms with E-state index in [0.717, 1.165) is 36.7 Å². The van der Waals surface area contributed by atoms with E-state index in [1.54, 1.807) is 37.9 Å². The van der Waals surface area contributed by atoms with Gasteiger partial charge in [-0.2, -0.15) is 10.4 Å². The van der Waals surface area contributed by atoms with Crippen LogP contribution < -0.4 is 10.2 Å². The number of nitrogens with one attached hydrogen (secondary N) is 2. The standard InChI is InChI=1S/C12H13N7.C7H5FN2/c1-14-9-4-12(18-17-10(9)5-13)19-3-2-8-11(6-19)16-7-15-8;8-6-2-1-5-10-7(6)3-4-9-10/h4,7H,2-3,6H2,1H3,(H,14,18)(H,15,16);1-5H. The molecule has 1 aliphatic rings. The quantitative estimate of drug-likeness (QED) is 0.539. The molecule has 10 heteroatoms. The fourth-order valence-electron chi connectivity index (χ4n) is 3.13. The number of rotatable bonds is 2. The summed E-state index contributed by atoms with van der Waals surface area (Å²) in [5.74, 6) is 0.531. The van der Waals surface area contributed by atoms with Crippen LogP contribution in [-0.4, -0.2) is 43.4 Å². The first-order valence-corrected chi connectivity index (χ1v) is 8.99. The SMILES string of the molecule is CNc1cc(N2CCc3nc[nH]c3C2)nnc1C#N.Fc1cccn2nccc12. The van der Waals surface area contributed by atoms with Gasteiger partial charge in [0.1, 0.15) is 17.4 Å². The summed E-state index contributed by atoms with van der Waals surface area (Å²) in [6.07, 6.45) is 5.88. The van der Waals surface area contributed by atoms with E-state index in [2.05, 4.69) is 35.5 Å². The number of pyridine rings is 1. The van der Waals surface area contributed by atoms with Gasteiger partial charge in [0, 0.05) is 32.3 Å². The average Bonchev–Trinajstić information content (AvgIpc) is 3.43. The van der Waals surface area contributed by atoms with Crippen molar-refractivity contribution in [2.75, 3.05) is 23.8 Å². The van der Waals surface area contributed by atoms with Gasteiger partial charge in [-0.05, 0) is 18.2 Å². The molecule has 0 saturated carbocycles. The molecule has 0 aliphatic carbocycles. The van der Waals surface area contributed by atoms with Crippen molar-refractivity contribution in [3.8, 4) is 6.07 Å². The Morgan fingerprint density at radius 3 is 3.00 bits per heavy atom. The number of aromatic nitrogens is 6. The van der Waals surface area contributed by atoms with Crippen LogP contribution in [-0.2, 0) is 13.0 Å². The van der Waals surface area contributed by atoms with Crippen molar-refractivity contribution >= 4 is 17.0 Å². The molecule has 4 aromatic heterocycles. The molecule has 29 heavy (non-hydrogen) atoms. The lowest BCUT2D eigenvalue weighted by Gasteiger charge is -2.27. The van der Waals surface area contributed by atoms with E-state index in [4.69, 9.17) is 5.26 Å². The molecule has 0 unspecified atom stereocenters. The van der Waals surface area contributed by atoms with Crippen LogP contribution in [0.5, 0.6) is 0 Å². The molecule has 0 bridgehead atoms. The maximum atomic E-state index is 12.8. The number of halogens is 1. The van der Waals surface area contributed by atoms with E-state index in [1.165, 1.54) is 10.6 Å². The summed E-state index contributed by atoms with van der Waals surface area (Å²) >= 11 is 0. The molecule has 2 N–H and O–H groups in total. The van der Waals surface area contributed by atoms with Crippen molar-refractivity contribution in [2.45, 2.75) is 13.0 Å². The van der Waals surface area contributed by atoms with Gasteiger partial charge in [-0.25, -0.2) is 13.9 Å². The molecule has 0 aromatic carbocycles. The van der Waals surface area contributed by atoms with Crippen LogP contribution in [0.4, 0.5) is 15.9 Å². The minimum atomic E-state index is -0.236. The lowest BCUT2D eigenvalue weighted by molar-refractivity contribution is 0.630. The molecule has 9 nitrogen and oxygen atoms in total. The normalized spacial score (nSPS) is 12.7. The topological polar surface area (TPSA) is 111 Å². The van der Waals surface area contributed by atoms with Gasteiger partial charge in [-0.1, -0.05) is 0 Å². The summed E-state index contributed by atoms with van der Waals surface area (Å²) in [6.45, 7) is 1.58. The first-order valence-electron chi connectivity index (χ1n) is 8.99. The second-order valence-electron chi connectivity index (χ2n) is 6.34. The highest BCUT2D eigenvalue weighted by Gasteiger charge is 2.20. The van der Waals surface area contributed by atoms with E-state index in [9.17, 15) is 4.39 Å². The lowest BCUT2D eigenvalue weighted by atomic mass is 10.1. The highest BCUT2D eigenvalue weighted by Crippen LogP contribution is 2.23. The van der Waals surface area contributed by atoms with Gasteiger partial charge in [-0.3, -0.25) is 0 Å². The Balaban J connectivity index is 0.000000171. The molecule has 146 valence electrons. The van der Waals surface area contributed by atoms with Crippen LogP contribution in [0.2, 0.25) is 0 Å². The van der Waals surface area contributed by atoms with Gasteiger partial charge in [0.25, 0.3) is 0 Å². The van der Waals surface area contributed by atoms with Crippen molar-refractivity contribution in [1.82, 2.24) is 29.8 Å². The van der Waals surface area contributed by atoms with Crippen molar-refractivity contribution < 1.29 is 4.39 Å². The lowest BCUT2D eigenvalue weighted by Crippen LogP contribution is -2.31. The second-order valence-corrected chi connectivity index (χ2v) is 6.34. The first kappa shape index (κ1) is 18.4. The van der Waals surface area contributed by atoms with E-state index in [-0.39, 0.29) is 5.82 Å². The summed E-state index contributed by atoms with van der Waals surface area (Å²) in [5.41, 5.74) is 3.76. The number of hydrogen-bond acceptors (Lipinski definition) is 7. The Morgan fingerprint density at radius 2 is 2.21 bits per heavy atom. The number of H-pyrrole nitrogens is 1. The van der Waals surface area contributed by atoms with Gasteiger partial charge < -0.3 is 15.2 Å². The Morgan fingerprint density at radius 1 is 1.31 bits per heavy atom.